The number of anilines is 1. The maximum Gasteiger partial charge on any atom is 0.336 e. The summed E-state index contributed by atoms with van der Waals surface area (Å²) in [5, 5.41) is 15.9. The van der Waals surface area contributed by atoms with Crippen molar-refractivity contribution in [1.29, 1.82) is 0 Å². The van der Waals surface area contributed by atoms with Crippen LogP contribution in [0.4, 0.5) is 14.5 Å². The van der Waals surface area contributed by atoms with Crippen LogP contribution >= 0.6 is 11.3 Å². The number of aliphatic carboxylic acids is 1. The zero-order valence-corrected chi connectivity index (χ0v) is 19.9. The Labute approximate surface area is 208 Å². The quantitative estimate of drug-likeness (QED) is 0.429. The fourth-order valence-corrected chi connectivity index (χ4v) is 4.25. The number of carboxylic acids is 1. The number of hydrogen-bond donors (Lipinski definition) is 3. The number of epoxide rings is 1. The van der Waals surface area contributed by atoms with Crippen molar-refractivity contribution in [2.45, 2.75) is 44.1 Å². The maximum atomic E-state index is 14.4. The first kappa shape index (κ1) is 25.4. The SMILES string of the molecule is CC1CC=NC(CNC(=O)C(Cc2cscn2)NC(=O)C2OC2C(=O)O)=CN1c1c(F)cccc1F. The van der Waals surface area contributed by atoms with Gasteiger partial charge in [-0.05, 0) is 19.1 Å². The predicted molar refractivity (Wildman–Crippen MR) is 127 cm³/mol. The van der Waals surface area contributed by atoms with Gasteiger partial charge >= 0.3 is 5.97 Å². The second kappa shape index (κ2) is 10.9. The van der Waals surface area contributed by atoms with E-state index in [0.29, 0.717) is 17.8 Å². The number of amides is 2. The molecule has 4 atom stereocenters. The first-order valence-corrected chi connectivity index (χ1v) is 12.0. The number of aliphatic imine (C=N–C) groups is 1. The van der Waals surface area contributed by atoms with E-state index in [1.807, 2.05) is 0 Å². The van der Waals surface area contributed by atoms with Crippen LogP contribution in [0, 0.1) is 11.6 Å². The monoisotopic (exact) mass is 519 g/mol. The Morgan fingerprint density at radius 2 is 2.03 bits per heavy atom. The molecule has 0 radical (unpaired) electrons. The normalized spacial score (nSPS) is 21.8. The van der Waals surface area contributed by atoms with Crippen LogP contribution < -0.4 is 15.5 Å². The summed E-state index contributed by atoms with van der Waals surface area (Å²) in [5.74, 6) is -4.01. The first-order chi connectivity index (χ1) is 17.2. The van der Waals surface area contributed by atoms with Crippen LogP contribution in [0.15, 0.2) is 46.0 Å². The van der Waals surface area contributed by atoms with E-state index in [1.165, 1.54) is 28.5 Å². The van der Waals surface area contributed by atoms with Gasteiger partial charge in [0.2, 0.25) is 5.91 Å². The topological polar surface area (TPSA) is 137 Å². The fourth-order valence-electron chi connectivity index (χ4n) is 3.68. The molecule has 0 bridgehead atoms. The molecule has 2 amide bonds. The third kappa shape index (κ3) is 5.91. The molecule has 1 saturated heterocycles. The van der Waals surface area contributed by atoms with Gasteiger partial charge in [0.25, 0.3) is 5.91 Å². The van der Waals surface area contributed by atoms with Crippen LogP contribution in [0.1, 0.15) is 19.0 Å². The third-order valence-electron chi connectivity index (χ3n) is 5.63. The van der Waals surface area contributed by atoms with Gasteiger partial charge in [0, 0.05) is 36.7 Å². The number of para-hydroxylation sites is 1. The molecule has 0 aliphatic carbocycles. The lowest BCUT2D eigenvalue weighted by Gasteiger charge is -2.27. The molecular weight excluding hydrogens is 496 g/mol. The molecule has 36 heavy (non-hydrogen) atoms. The molecule has 4 unspecified atom stereocenters. The lowest BCUT2D eigenvalue weighted by atomic mass is 10.1. The van der Waals surface area contributed by atoms with Crippen LogP contribution in [0.5, 0.6) is 0 Å². The number of benzene rings is 1. The summed E-state index contributed by atoms with van der Waals surface area (Å²) >= 11 is 1.32. The number of rotatable bonds is 9. The number of thiazole rings is 1. The number of ether oxygens (including phenoxy) is 1. The third-order valence-corrected chi connectivity index (χ3v) is 6.26. The van der Waals surface area contributed by atoms with Crippen molar-refractivity contribution < 1.29 is 33.0 Å². The molecule has 3 heterocycles. The standard InChI is InChI=1S/C23H23F2N5O5S/c1-12-5-6-26-14(9-30(12)18-15(24)3-2-4-16(18)25)8-27-21(31)17(7-13-10-36-11-28-13)29-22(32)19-20(35-19)23(33)34/h2-4,6,9-12,17,19-20H,5,7-8H2,1H3,(H,27,31)(H,29,32)(H,33,34). The van der Waals surface area contributed by atoms with Crippen LogP contribution in [0.25, 0.3) is 0 Å². The van der Waals surface area contributed by atoms with Crippen molar-refractivity contribution in [3.8, 4) is 0 Å². The highest BCUT2D eigenvalue weighted by Crippen LogP contribution is 2.28. The fraction of sp³-hybridized carbons (Fsp3) is 0.348. The zero-order chi connectivity index (χ0) is 25.8. The Hall–Kier alpha value is -3.71. The molecule has 1 aromatic carbocycles. The van der Waals surface area contributed by atoms with Gasteiger partial charge in [-0.1, -0.05) is 6.07 Å². The number of hydrogen-bond acceptors (Lipinski definition) is 8. The number of nitrogens with zero attached hydrogens (tertiary/aromatic N) is 3. The molecule has 2 aliphatic rings. The van der Waals surface area contributed by atoms with Crippen molar-refractivity contribution in [3.63, 3.8) is 0 Å². The molecule has 1 aromatic heterocycles. The average Bonchev–Trinajstić information content (AvgIpc) is 3.53. The van der Waals surface area contributed by atoms with Gasteiger partial charge in [0.1, 0.15) is 23.4 Å². The van der Waals surface area contributed by atoms with Gasteiger partial charge in [-0.15, -0.1) is 11.3 Å². The summed E-state index contributed by atoms with van der Waals surface area (Å²) < 4.78 is 33.7. The number of carboxylic acid groups (broad SMARTS) is 1. The largest absolute Gasteiger partial charge is 0.479 e. The Bertz CT molecular complexity index is 1190. The molecule has 13 heteroatoms. The predicted octanol–water partition coefficient (Wildman–Crippen LogP) is 1.63. The molecule has 10 nitrogen and oxygen atoms in total. The zero-order valence-electron chi connectivity index (χ0n) is 19.1. The van der Waals surface area contributed by atoms with Gasteiger partial charge in [-0.2, -0.15) is 0 Å². The Kier molecular flexibility index (Phi) is 7.70. The number of nitrogens with one attached hydrogen (secondary N) is 2. The summed E-state index contributed by atoms with van der Waals surface area (Å²) in [6, 6.07) is 2.24. The lowest BCUT2D eigenvalue weighted by Crippen LogP contribution is -2.50. The minimum atomic E-state index is -1.26. The van der Waals surface area contributed by atoms with E-state index >= 15 is 0 Å². The molecule has 1 fully saturated rings. The van der Waals surface area contributed by atoms with E-state index in [9.17, 15) is 23.2 Å². The molecular formula is C23H23F2N5O5S. The summed E-state index contributed by atoms with van der Waals surface area (Å²) in [4.78, 5) is 46.2. The summed E-state index contributed by atoms with van der Waals surface area (Å²) in [6.07, 6.45) is 1.14. The van der Waals surface area contributed by atoms with E-state index < -0.39 is 47.7 Å². The van der Waals surface area contributed by atoms with E-state index in [4.69, 9.17) is 9.84 Å². The van der Waals surface area contributed by atoms with Crippen molar-refractivity contribution in [1.82, 2.24) is 15.6 Å². The lowest BCUT2D eigenvalue weighted by molar-refractivity contribution is -0.138. The molecule has 2 aliphatic heterocycles. The molecule has 3 N–H and O–H groups in total. The minimum Gasteiger partial charge on any atom is -0.479 e. The van der Waals surface area contributed by atoms with Gasteiger partial charge in [0.15, 0.2) is 12.2 Å². The Morgan fingerprint density at radius 1 is 1.28 bits per heavy atom. The van der Waals surface area contributed by atoms with Gasteiger partial charge in [-0.3, -0.25) is 14.6 Å². The highest BCUT2D eigenvalue weighted by Gasteiger charge is 2.51. The Balaban J connectivity index is 1.47. The maximum absolute atomic E-state index is 14.4. The van der Waals surface area contributed by atoms with E-state index in [2.05, 4.69) is 20.6 Å². The van der Waals surface area contributed by atoms with Gasteiger partial charge < -0.3 is 25.4 Å². The number of carbonyl (C=O) groups excluding carboxylic acids is 2. The average molecular weight is 520 g/mol. The van der Waals surface area contributed by atoms with Gasteiger partial charge in [0.05, 0.1) is 23.4 Å². The van der Waals surface area contributed by atoms with Crippen LogP contribution in [0.2, 0.25) is 0 Å². The highest BCUT2D eigenvalue weighted by molar-refractivity contribution is 7.07. The van der Waals surface area contributed by atoms with E-state index in [1.54, 1.807) is 24.0 Å². The first-order valence-electron chi connectivity index (χ1n) is 11.0. The van der Waals surface area contributed by atoms with Crippen molar-refractivity contribution in [2.24, 2.45) is 4.99 Å². The van der Waals surface area contributed by atoms with Crippen molar-refractivity contribution in [3.05, 3.63) is 58.3 Å². The molecule has 190 valence electrons. The van der Waals surface area contributed by atoms with E-state index in [-0.39, 0.29) is 24.7 Å². The highest BCUT2D eigenvalue weighted by atomic mass is 32.1. The summed E-state index contributed by atoms with van der Waals surface area (Å²) in [7, 11) is 0. The van der Waals surface area contributed by atoms with Crippen LogP contribution in [-0.4, -0.2) is 64.9 Å². The minimum absolute atomic E-state index is 0.0669. The second-order valence-electron chi connectivity index (χ2n) is 8.27. The van der Waals surface area contributed by atoms with E-state index in [0.717, 1.165) is 12.1 Å². The summed E-state index contributed by atoms with van der Waals surface area (Å²) in [5.41, 5.74) is 2.27. The number of carbonyl (C=O) groups is 3. The molecule has 2 aromatic rings. The van der Waals surface area contributed by atoms with Crippen LogP contribution in [0.3, 0.4) is 0 Å². The number of halogens is 2. The molecule has 0 spiro atoms. The molecule has 0 saturated carbocycles. The smallest absolute Gasteiger partial charge is 0.336 e. The summed E-state index contributed by atoms with van der Waals surface area (Å²) in [6.45, 7) is 1.70. The van der Waals surface area contributed by atoms with Crippen LogP contribution in [-0.2, 0) is 25.5 Å². The second-order valence-corrected chi connectivity index (χ2v) is 8.99. The van der Waals surface area contributed by atoms with Gasteiger partial charge in [-0.25, -0.2) is 18.6 Å². The van der Waals surface area contributed by atoms with Crippen molar-refractivity contribution >= 4 is 41.0 Å². The number of aromatic nitrogens is 1. The van der Waals surface area contributed by atoms with Crippen molar-refractivity contribution in [2.75, 3.05) is 11.4 Å². The molecule has 4 rings (SSSR count). The Morgan fingerprint density at radius 3 is 2.67 bits per heavy atom.